The van der Waals surface area contributed by atoms with Crippen LogP contribution in [0, 0.1) is 0 Å². The highest BCUT2D eigenvalue weighted by atomic mass is 31.1. The molecule has 11 rings (SSSR count). The molecule has 0 saturated heterocycles. The molecule has 0 nitrogen and oxygen atoms in total. The van der Waals surface area contributed by atoms with Gasteiger partial charge in [-0.3, -0.25) is 0 Å². The number of hydrogen-bond donors (Lipinski definition) is 0. The molecule has 1 heteroatoms. The van der Waals surface area contributed by atoms with Crippen LogP contribution in [0.3, 0.4) is 0 Å². The van der Waals surface area contributed by atoms with Crippen molar-refractivity contribution in [1.82, 2.24) is 0 Å². The molecular formula is C54H35P. The molecule has 256 valence electrons. The minimum absolute atomic E-state index is 0.669. The molecule has 0 atom stereocenters. The fraction of sp³-hybridized carbons (Fsp3) is 0. The van der Waals surface area contributed by atoms with E-state index in [9.17, 15) is 0 Å². The van der Waals surface area contributed by atoms with E-state index in [1.165, 1.54) is 104 Å². The third-order valence-corrected chi connectivity index (χ3v) is 13.8. The Morgan fingerprint density at radius 1 is 0.255 bits per heavy atom. The Labute approximate surface area is 322 Å². The molecule has 1 aliphatic carbocycles. The van der Waals surface area contributed by atoms with E-state index in [-0.39, 0.29) is 0 Å². The van der Waals surface area contributed by atoms with E-state index in [2.05, 4.69) is 212 Å². The lowest BCUT2D eigenvalue weighted by Crippen LogP contribution is -2.20. The molecular weight excluding hydrogens is 680 g/mol. The second-order valence-corrected chi connectivity index (χ2v) is 16.6. The molecule has 1 aliphatic rings. The lowest BCUT2D eigenvalue weighted by Gasteiger charge is -2.20. The van der Waals surface area contributed by atoms with Gasteiger partial charge in [0.2, 0.25) is 0 Å². The first kappa shape index (κ1) is 31.9. The minimum atomic E-state index is -0.669. The molecule has 0 saturated carbocycles. The highest BCUT2D eigenvalue weighted by molar-refractivity contribution is 7.79. The Bertz CT molecular complexity index is 2930. The van der Waals surface area contributed by atoms with Crippen molar-refractivity contribution in [3.05, 3.63) is 212 Å². The molecule has 55 heavy (non-hydrogen) atoms. The van der Waals surface area contributed by atoms with Crippen molar-refractivity contribution in [1.29, 1.82) is 0 Å². The molecule has 0 aliphatic heterocycles. The number of fused-ring (bicyclic) bond motifs is 5. The first-order chi connectivity index (χ1) is 27.3. The molecule has 0 spiro atoms. The summed E-state index contributed by atoms with van der Waals surface area (Å²) in [6.45, 7) is 0. The van der Waals surface area contributed by atoms with Crippen LogP contribution in [0.5, 0.6) is 0 Å². The van der Waals surface area contributed by atoms with Gasteiger partial charge in [-0.15, -0.1) is 0 Å². The Morgan fingerprint density at radius 3 is 1.33 bits per heavy atom. The lowest BCUT2D eigenvalue weighted by molar-refractivity contribution is 1.62. The van der Waals surface area contributed by atoms with Crippen LogP contribution >= 0.6 is 7.92 Å². The average molecular weight is 715 g/mol. The van der Waals surface area contributed by atoms with Gasteiger partial charge < -0.3 is 0 Å². The van der Waals surface area contributed by atoms with E-state index in [1.54, 1.807) is 0 Å². The second-order valence-electron chi connectivity index (χ2n) is 14.4. The van der Waals surface area contributed by atoms with Gasteiger partial charge in [0, 0.05) is 0 Å². The van der Waals surface area contributed by atoms with Crippen molar-refractivity contribution in [3.8, 4) is 55.6 Å². The molecule has 0 radical (unpaired) electrons. The molecule has 0 amide bonds. The first-order valence-corrected chi connectivity index (χ1v) is 20.4. The third kappa shape index (κ3) is 5.18. The average Bonchev–Trinajstić information content (AvgIpc) is 3.59. The predicted molar refractivity (Wildman–Crippen MR) is 238 cm³/mol. The van der Waals surface area contributed by atoms with Gasteiger partial charge in [-0.1, -0.05) is 200 Å². The van der Waals surface area contributed by atoms with Crippen LogP contribution in [0.4, 0.5) is 0 Å². The second kappa shape index (κ2) is 13.1. The predicted octanol–water partition coefficient (Wildman–Crippen LogP) is 13.6. The Morgan fingerprint density at radius 2 is 0.727 bits per heavy atom. The molecule has 0 unspecified atom stereocenters. The van der Waals surface area contributed by atoms with Crippen LogP contribution in [0.25, 0.3) is 88.0 Å². The van der Waals surface area contributed by atoms with E-state index in [0.29, 0.717) is 0 Å². The summed E-state index contributed by atoms with van der Waals surface area (Å²) in [5.41, 5.74) is 12.9. The monoisotopic (exact) mass is 714 g/mol. The molecule has 10 aromatic rings. The van der Waals surface area contributed by atoms with Crippen LogP contribution < -0.4 is 15.9 Å². The standard InChI is InChI=1S/C54H35P/c1-5-16-36(17-6-1)50-46-24-13-14-25-47(46)51(37-18-7-2-8-19-37)54-49-33-32-44(45-26-15-27-48(52(45)49)53(50)54)40-29-28-39-35-43(31-30-38(39)34-40)55(41-20-9-3-10-21-41)42-22-11-4-12-23-42/h1-35H. The van der Waals surface area contributed by atoms with Crippen molar-refractivity contribution < 1.29 is 0 Å². The van der Waals surface area contributed by atoms with Crippen LogP contribution in [-0.4, -0.2) is 0 Å². The quantitative estimate of drug-likeness (QED) is 0.150. The number of rotatable bonds is 6. The maximum Gasteiger partial charge on any atom is -0.000741 e. The van der Waals surface area contributed by atoms with E-state index >= 15 is 0 Å². The summed E-state index contributed by atoms with van der Waals surface area (Å²) in [6, 6.07) is 78.7. The fourth-order valence-electron chi connectivity index (χ4n) is 9.00. The summed E-state index contributed by atoms with van der Waals surface area (Å²) >= 11 is 0. The van der Waals surface area contributed by atoms with Crippen LogP contribution in [0.15, 0.2) is 212 Å². The molecule has 0 aromatic heterocycles. The lowest BCUT2D eigenvalue weighted by atomic mass is 9.82. The molecule has 0 heterocycles. The van der Waals surface area contributed by atoms with Gasteiger partial charge in [0.25, 0.3) is 0 Å². The maximum absolute atomic E-state index is 2.41. The summed E-state index contributed by atoms with van der Waals surface area (Å²) in [4.78, 5) is 0. The van der Waals surface area contributed by atoms with Crippen molar-refractivity contribution in [3.63, 3.8) is 0 Å². The third-order valence-electron chi connectivity index (χ3n) is 11.3. The summed E-state index contributed by atoms with van der Waals surface area (Å²) in [7, 11) is -0.669. The van der Waals surface area contributed by atoms with Gasteiger partial charge in [0.15, 0.2) is 0 Å². The number of hydrogen-bond acceptors (Lipinski definition) is 0. The molecule has 10 aromatic carbocycles. The zero-order chi connectivity index (χ0) is 36.3. The first-order valence-electron chi connectivity index (χ1n) is 19.0. The van der Waals surface area contributed by atoms with E-state index in [0.717, 1.165) is 0 Å². The summed E-state index contributed by atoms with van der Waals surface area (Å²) in [5.74, 6) is 0. The Balaban J connectivity index is 1.10. The number of benzene rings is 10. The largest absolute Gasteiger partial charge is 0.0622 e. The van der Waals surface area contributed by atoms with Crippen molar-refractivity contribution in [2.45, 2.75) is 0 Å². The highest BCUT2D eigenvalue weighted by Gasteiger charge is 2.31. The van der Waals surface area contributed by atoms with Crippen LogP contribution in [-0.2, 0) is 0 Å². The molecule has 0 bridgehead atoms. The summed E-state index contributed by atoms with van der Waals surface area (Å²) in [6.07, 6.45) is 0. The van der Waals surface area contributed by atoms with Crippen molar-refractivity contribution in [2.75, 3.05) is 0 Å². The SMILES string of the molecule is c1ccc(-c2c3c(c(-c4ccccc4)c4ccccc24)-c2ccc(-c4ccc5cc(P(c6ccccc6)c6ccccc6)ccc5c4)c4cccc-3c24)cc1. The van der Waals surface area contributed by atoms with Crippen molar-refractivity contribution in [2.24, 2.45) is 0 Å². The Hall–Kier alpha value is -6.59. The topological polar surface area (TPSA) is 0 Å². The summed E-state index contributed by atoms with van der Waals surface area (Å²) < 4.78 is 0. The van der Waals surface area contributed by atoms with Gasteiger partial charge in [0.1, 0.15) is 0 Å². The minimum Gasteiger partial charge on any atom is -0.0622 e. The fourth-order valence-corrected chi connectivity index (χ4v) is 11.3. The van der Waals surface area contributed by atoms with Gasteiger partial charge in [-0.05, 0) is 124 Å². The van der Waals surface area contributed by atoms with Gasteiger partial charge in [-0.2, -0.15) is 0 Å². The highest BCUT2D eigenvalue weighted by Crippen LogP contribution is 2.58. The zero-order valence-electron chi connectivity index (χ0n) is 30.2. The van der Waals surface area contributed by atoms with E-state index < -0.39 is 7.92 Å². The van der Waals surface area contributed by atoms with E-state index in [4.69, 9.17) is 0 Å². The maximum atomic E-state index is 2.41. The molecule has 0 fully saturated rings. The smallest absolute Gasteiger partial charge is 0.000741 e. The normalized spacial score (nSPS) is 11.8. The molecule has 0 N–H and O–H groups in total. The van der Waals surface area contributed by atoms with Crippen molar-refractivity contribution >= 4 is 56.2 Å². The Kier molecular flexibility index (Phi) is 7.58. The van der Waals surface area contributed by atoms with Crippen LogP contribution in [0.2, 0.25) is 0 Å². The van der Waals surface area contributed by atoms with Gasteiger partial charge >= 0.3 is 0 Å². The zero-order valence-corrected chi connectivity index (χ0v) is 31.0. The summed E-state index contributed by atoms with van der Waals surface area (Å²) in [5, 5.41) is 11.8. The van der Waals surface area contributed by atoms with E-state index in [1.807, 2.05) is 0 Å². The van der Waals surface area contributed by atoms with Crippen LogP contribution in [0.1, 0.15) is 0 Å². The van der Waals surface area contributed by atoms with Gasteiger partial charge in [0.05, 0.1) is 0 Å². The van der Waals surface area contributed by atoms with Gasteiger partial charge in [-0.25, -0.2) is 0 Å².